The number of nitrogens with zero attached hydrogens (tertiary/aromatic N) is 2. The van der Waals surface area contributed by atoms with E-state index in [1.54, 1.807) is 24.3 Å². The molecule has 6 nitrogen and oxygen atoms in total. The summed E-state index contributed by atoms with van der Waals surface area (Å²) in [6.45, 7) is 3.99. The molecule has 8 heteroatoms. The average molecular weight is 443 g/mol. The largest absolute Gasteiger partial charge is 0.326 e. The van der Waals surface area contributed by atoms with Gasteiger partial charge in [0.25, 0.3) is 5.91 Å². The minimum atomic E-state index is -0.276. The van der Waals surface area contributed by atoms with Gasteiger partial charge in [0.1, 0.15) is 5.01 Å². The first-order chi connectivity index (χ1) is 14.5. The SMILES string of the molecule is CCC(CC)C(=O)Nc1ccc(C(=O)Nc2nnc(Cc3ccc(Cl)cc3)s2)cc1. The topological polar surface area (TPSA) is 84.0 Å². The molecule has 2 amide bonds. The van der Waals surface area contributed by atoms with Crippen molar-refractivity contribution in [2.45, 2.75) is 33.1 Å². The summed E-state index contributed by atoms with van der Waals surface area (Å²) in [5.41, 5.74) is 2.22. The number of carbonyl (C=O) groups excluding carboxylic acids is 2. The quantitative estimate of drug-likeness (QED) is 0.488. The number of hydrogen-bond acceptors (Lipinski definition) is 5. The molecule has 1 heterocycles. The number of rotatable bonds is 8. The normalized spacial score (nSPS) is 10.8. The highest BCUT2D eigenvalue weighted by Gasteiger charge is 2.15. The van der Waals surface area contributed by atoms with E-state index in [9.17, 15) is 9.59 Å². The van der Waals surface area contributed by atoms with Crippen LogP contribution in [0.1, 0.15) is 47.6 Å². The van der Waals surface area contributed by atoms with Crippen LogP contribution in [0.25, 0.3) is 0 Å². The molecule has 0 bridgehead atoms. The second-order valence-electron chi connectivity index (χ2n) is 6.84. The van der Waals surface area contributed by atoms with E-state index in [0.717, 1.165) is 23.4 Å². The Morgan fingerprint density at radius 3 is 2.27 bits per heavy atom. The Labute approximate surface area is 184 Å². The fraction of sp³-hybridized carbons (Fsp3) is 0.273. The molecule has 2 aromatic carbocycles. The summed E-state index contributed by atoms with van der Waals surface area (Å²) in [4.78, 5) is 24.7. The number of benzene rings is 2. The fourth-order valence-electron chi connectivity index (χ4n) is 2.93. The van der Waals surface area contributed by atoms with Gasteiger partial charge in [0, 0.05) is 28.6 Å². The van der Waals surface area contributed by atoms with Gasteiger partial charge in [-0.25, -0.2) is 0 Å². The van der Waals surface area contributed by atoms with E-state index in [1.807, 2.05) is 38.1 Å². The lowest BCUT2D eigenvalue weighted by Gasteiger charge is -2.12. The van der Waals surface area contributed by atoms with Crippen LogP contribution in [0.15, 0.2) is 48.5 Å². The molecule has 0 fully saturated rings. The van der Waals surface area contributed by atoms with Crippen molar-refractivity contribution in [1.29, 1.82) is 0 Å². The average Bonchev–Trinajstić information content (AvgIpc) is 3.18. The molecule has 30 heavy (non-hydrogen) atoms. The number of hydrogen-bond donors (Lipinski definition) is 2. The van der Waals surface area contributed by atoms with Gasteiger partial charge in [0.05, 0.1) is 0 Å². The van der Waals surface area contributed by atoms with Gasteiger partial charge in [0.2, 0.25) is 11.0 Å². The third-order valence-electron chi connectivity index (χ3n) is 4.73. The predicted octanol–water partition coefficient (Wildman–Crippen LogP) is 5.41. The summed E-state index contributed by atoms with van der Waals surface area (Å²) in [6.07, 6.45) is 2.21. The molecule has 0 aliphatic rings. The zero-order valence-electron chi connectivity index (χ0n) is 16.8. The molecule has 0 unspecified atom stereocenters. The fourth-order valence-corrected chi connectivity index (χ4v) is 3.83. The van der Waals surface area contributed by atoms with Gasteiger partial charge in [-0.2, -0.15) is 0 Å². The van der Waals surface area contributed by atoms with Gasteiger partial charge in [-0.15, -0.1) is 10.2 Å². The standard InChI is InChI=1S/C22H23ClN4O2S/c1-3-15(4-2)20(28)24-18-11-7-16(8-12-18)21(29)25-22-27-26-19(30-22)13-14-5-9-17(23)10-6-14/h5-12,15H,3-4,13H2,1-2H3,(H,24,28)(H,25,27,29). The van der Waals surface area contributed by atoms with Crippen LogP contribution < -0.4 is 10.6 Å². The Balaban J connectivity index is 1.57. The van der Waals surface area contributed by atoms with Crippen LogP contribution in [0.2, 0.25) is 5.02 Å². The molecule has 0 aliphatic carbocycles. The Morgan fingerprint density at radius 1 is 0.967 bits per heavy atom. The third kappa shape index (κ3) is 5.87. The molecule has 0 atom stereocenters. The van der Waals surface area contributed by atoms with Crippen LogP contribution in [-0.2, 0) is 11.2 Å². The molecule has 0 radical (unpaired) electrons. The first-order valence-corrected chi connectivity index (χ1v) is 11.0. The summed E-state index contributed by atoms with van der Waals surface area (Å²) in [7, 11) is 0. The maximum Gasteiger partial charge on any atom is 0.257 e. The van der Waals surface area contributed by atoms with E-state index >= 15 is 0 Å². The van der Waals surface area contributed by atoms with Crippen LogP contribution in [0.3, 0.4) is 0 Å². The van der Waals surface area contributed by atoms with Crippen molar-refractivity contribution in [3.05, 3.63) is 69.7 Å². The zero-order valence-corrected chi connectivity index (χ0v) is 18.4. The van der Waals surface area contributed by atoms with Crippen molar-refractivity contribution in [2.24, 2.45) is 5.92 Å². The Kier molecular flexibility index (Phi) is 7.54. The Hall–Kier alpha value is -2.77. The smallest absolute Gasteiger partial charge is 0.257 e. The minimum absolute atomic E-state index is 0.000668. The van der Waals surface area contributed by atoms with Crippen LogP contribution in [0.5, 0.6) is 0 Å². The molecule has 0 spiro atoms. The molecule has 0 saturated carbocycles. The summed E-state index contributed by atoms with van der Waals surface area (Å²) in [5.74, 6) is -0.284. The van der Waals surface area contributed by atoms with E-state index < -0.39 is 0 Å². The zero-order chi connectivity index (χ0) is 21.5. The first-order valence-electron chi connectivity index (χ1n) is 9.77. The highest BCUT2D eigenvalue weighted by molar-refractivity contribution is 7.15. The number of aromatic nitrogens is 2. The molecular formula is C22H23ClN4O2S. The first kappa shape index (κ1) is 21.9. The molecule has 2 N–H and O–H groups in total. The van der Waals surface area contributed by atoms with Crippen LogP contribution in [0.4, 0.5) is 10.8 Å². The van der Waals surface area contributed by atoms with Crippen molar-refractivity contribution < 1.29 is 9.59 Å². The summed E-state index contributed by atoms with van der Waals surface area (Å²) < 4.78 is 0. The van der Waals surface area contributed by atoms with Gasteiger partial charge in [-0.3, -0.25) is 14.9 Å². The van der Waals surface area contributed by atoms with E-state index in [2.05, 4.69) is 20.8 Å². The van der Waals surface area contributed by atoms with Crippen molar-refractivity contribution in [3.8, 4) is 0 Å². The molecule has 3 rings (SSSR count). The highest BCUT2D eigenvalue weighted by Crippen LogP contribution is 2.21. The number of anilines is 2. The highest BCUT2D eigenvalue weighted by atomic mass is 35.5. The number of carbonyl (C=O) groups is 2. The van der Waals surface area contributed by atoms with E-state index in [1.165, 1.54) is 11.3 Å². The number of amides is 2. The van der Waals surface area contributed by atoms with Gasteiger partial charge in [-0.05, 0) is 54.8 Å². The third-order valence-corrected chi connectivity index (χ3v) is 5.82. The monoisotopic (exact) mass is 442 g/mol. The van der Waals surface area contributed by atoms with Gasteiger partial charge in [-0.1, -0.05) is 48.9 Å². The summed E-state index contributed by atoms with van der Waals surface area (Å²) in [5, 5.41) is 15.8. The lowest BCUT2D eigenvalue weighted by molar-refractivity contribution is -0.120. The Morgan fingerprint density at radius 2 is 1.63 bits per heavy atom. The van der Waals surface area contributed by atoms with Gasteiger partial charge in [0.15, 0.2) is 0 Å². The van der Waals surface area contributed by atoms with Crippen molar-refractivity contribution >= 4 is 45.6 Å². The second-order valence-corrected chi connectivity index (χ2v) is 8.34. The van der Waals surface area contributed by atoms with Crippen molar-refractivity contribution in [2.75, 3.05) is 10.6 Å². The molecule has 3 aromatic rings. The van der Waals surface area contributed by atoms with Crippen LogP contribution >= 0.6 is 22.9 Å². The minimum Gasteiger partial charge on any atom is -0.326 e. The number of nitrogens with one attached hydrogen (secondary N) is 2. The van der Waals surface area contributed by atoms with E-state index in [-0.39, 0.29) is 17.7 Å². The summed E-state index contributed by atoms with van der Waals surface area (Å²) >= 11 is 7.23. The van der Waals surface area contributed by atoms with Crippen LogP contribution in [-0.4, -0.2) is 22.0 Å². The van der Waals surface area contributed by atoms with Crippen molar-refractivity contribution in [1.82, 2.24) is 10.2 Å². The Bertz CT molecular complexity index is 999. The van der Waals surface area contributed by atoms with E-state index in [0.29, 0.717) is 27.8 Å². The maximum absolute atomic E-state index is 12.5. The molecular weight excluding hydrogens is 420 g/mol. The molecule has 156 valence electrons. The second kappa shape index (κ2) is 10.3. The molecule has 0 saturated heterocycles. The molecule has 0 aliphatic heterocycles. The lowest BCUT2D eigenvalue weighted by atomic mass is 10.0. The van der Waals surface area contributed by atoms with Gasteiger partial charge < -0.3 is 5.32 Å². The van der Waals surface area contributed by atoms with Gasteiger partial charge >= 0.3 is 0 Å². The predicted molar refractivity (Wildman–Crippen MR) is 121 cm³/mol. The summed E-state index contributed by atoms with van der Waals surface area (Å²) in [6, 6.07) is 14.3. The molecule has 1 aromatic heterocycles. The lowest BCUT2D eigenvalue weighted by Crippen LogP contribution is -2.21. The van der Waals surface area contributed by atoms with Crippen LogP contribution in [0, 0.1) is 5.92 Å². The van der Waals surface area contributed by atoms with Crippen molar-refractivity contribution in [3.63, 3.8) is 0 Å². The maximum atomic E-state index is 12.5. The van der Waals surface area contributed by atoms with E-state index in [4.69, 9.17) is 11.6 Å². The number of halogens is 1.